The molecule has 0 atom stereocenters. The molecule has 1 aliphatic carbocycles. The highest BCUT2D eigenvalue weighted by Gasteiger charge is 2.19. The van der Waals surface area contributed by atoms with E-state index in [2.05, 4.69) is 31.2 Å². The van der Waals surface area contributed by atoms with Crippen molar-refractivity contribution in [1.82, 2.24) is 0 Å². The molecule has 1 aromatic carbocycles. The second-order valence-electron chi connectivity index (χ2n) is 6.55. The molecule has 1 aromatic rings. The SMILES string of the molecule is CC[C@H]1CC[C@H](CCc2ccc(CC/C=C/F)cc2)CC1. The number of halogens is 1. The first-order valence-corrected chi connectivity index (χ1v) is 8.64. The van der Waals surface area contributed by atoms with Crippen molar-refractivity contribution in [3.8, 4) is 0 Å². The van der Waals surface area contributed by atoms with Crippen LogP contribution in [-0.4, -0.2) is 0 Å². The van der Waals surface area contributed by atoms with Gasteiger partial charge in [0.05, 0.1) is 6.33 Å². The third-order valence-electron chi connectivity index (χ3n) is 5.10. The quantitative estimate of drug-likeness (QED) is 0.556. The maximum Gasteiger partial charge on any atom is 0.0827 e. The molecule has 0 radical (unpaired) electrons. The predicted octanol–water partition coefficient (Wildman–Crippen LogP) is 6.25. The number of rotatable bonds is 7. The van der Waals surface area contributed by atoms with Gasteiger partial charge in [-0.1, -0.05) is 69.4 Å². The molecule has 0 unspecified atom stereocenters. The van der Waals surface area contributed by atoms with E-state index in [0.29, 0.717) is 6.33 Å². The number of hydrogen-bond acceptors (Lipinski definition) is 0. The fraction of sp³-hybridized carbons (Fsp3) is 0.600. The molecule has 1 saturated carbocycles. The Hall–Kier alpha value is -1.11. The summed E-state index contributed by atoms with van der Waals surface area (Å²) in [5.41, 5.74) is 2.76. The number of aryl methyl sites for hydroxylation is 2. The van der Waals surface area contributed by atoms with Crippen LogP contribution in [0.2, 0.25) is 0 Å². The van der Waals surface area contributed by atoms with Crippen LogP contribution in [0.15, 0.2) is 36.7 Å². The number of benzene rings is 1. The van der Waals surface area contributed by atoms with E-state index < -0.39 is 0 Å². The van der Waals surface area contributed by atoms with Crippen molar-refractivity contribution in [2.24, 2.45) is 11.8 Å². The van der Waals surface area contributed by atoms with Gasteiger partial charge < -0.3 is 0 Å². The van der Waals surface area contributed by atoms with E-state index in [4.69, 9.17) is 0 Å². The van der Waals surface area contributed by atoms with E-state index >= 15 is 0 Å². The smallest absolute Gasteiger partial charge is 0.0827 e. The Morgan fingerprint density at radius 1 is 0.952 bits per heavy atom. The van der Waals surface area contributed by atoms with Crippen LogP contribution < -0.4 is 0 Å². The summed E-state index contributed by atoms with van der Waals surface area (Å²) in [5, 5.41) is 0. The zero-order chi connectivity index (χ0) is 14.9. The van der Waals surface area contributed by atoms with Crippen LogP contribution in [-0.2, 0) is 12.8 Å². The largest absolute Gasteiger partial charge is 0.216 e. The van der Waals surface area contributed by atoms with Crippen molar-refractivity contribution in [3.63, 3.8) is 0 Å². The number of hydrogen-bond donors (Lipinski definition) is 0. The van der Waals surface area contributed by atoms with Gasteiger partial charge in [-0.2, -0.15) is 0 Å². The maximum atomic E-state index is 11.9. The lowest BCUT2D eigenvalue weighted by atomic mass is 9.78. The summed E-state index contributed by atoms with van der Waals surface area (Å²) in [6.07, 6.45) is 13.6. The van der Waals surface area contributed by atoms with Gasteiger partial charge >= 0.3 is 0 Å². The molecule has 0 nitrogen and oxygen atoms in total. The summed E-state index contributed by atoms with van der Waals surface area (Å²) >= 11 is 0. The molecule has 0 amide bonds. The molecule has 0 bridgehead atoms. The molecule has 116 valence electrons. The normalized spacial score (nSPS) is 22.8. The minimum Gasteiger partial charge on any atom is -0.216 e. The van der Waals surface area contributed by atoms with Gasteiger partial charge in [0.2, 0.25) is 0 Å². The van der Waals surface area contributed by atoms with Crippen molar-refractivity contribution in [3.05, 3.63) is 47.8 Å². The zero-order valence-electron chi connectivity index (χ0n) is 13.4. The monoisotopic (exact) mass is 288 g/mol. The Bertz CT molecular complexity index is 410. The average molecular weight is 288 g/mol. The summed E-state index contributed by atoms with van der Waals surface area (Å²) in [5.74, 6) is 1.95. The van der Waals surface area contributed by atoms with Gasteiger partial charge in [-0.05, 0) is 48.6 Å². The first-order chi connectivity index (χ1) is 10.3. The summed E-state index contributed by atoms with van der Waals surface area (Å²) < 4.78 is 11.9. The highest BCUT2D eigenvalue weighted by molar-refractivity contribution is 5.23. The van der Waals surface area contributed by atoms with Gasteiger partial charge in [-0.3, -0.25) is 0 Å². The molecule has 0 aromatic heterocycles. The molecule has 1 aliphatic rings. The fourth-order valence-electron chi connectivity index (χ4n) is 3.48. The van der Waals surface area contributed by atoms with E-state index in [1.807, 2.05) is 0 Å². The number of allylic oxidation sites excluding steroid dienone is 1. The Kier molecular flexibility index (Phi) is 6.99. The Balaban J connectivity index is 1.71. The van der Waals surface area contributed by atoms with Gasteiger partial charge in [0, 0.05) is 0 Å². The summed E-state index contributed by atoms with van der Waals surface area (Å²) in [4.78, 5) is 0. The summed E-state index contributed by atoms with van der Waals surface area (Å²) in [6, 6.07) is 8.92. The second-order valence-corrected chi connectivity index (χ2v) is 6.55. The Morgan fingerprint density at radius 2 is 1.52 bits per heavy atom. The molecule has 1 fully saturated rings. The Labute approximate surface area is 129 Å². The van der Waals surface area contributed by atoms with Gasteiger partial charge in [0.25, 0.3) is 0 Å². The average Bonchev–Trinajstić information content (AvgIpc) is 2.55. The molecule has 0 aliphatic heterocycles. The van der Waals surface area contributed by atoms with E-state index in [0.717, 1.165) is 24.7 Å². The van der Waals surface area contributed by atoms with Crippen molar-refractivity contribution < 1.29 is 4.39 Å². The predicted molar refractivity (Wildman–Crippen MR) is 89.1 cm³/mol. The van der Waals surface area contributed by atoms with E-state index in [9.17, 15) is 4.39 Å². The molecule has 2 rings (SSSR count). The molecule has 1 heteroatoms. The van der Waals surface area contributed by atoms with Crippen LogP contribution in [0.5, 0.6) is 0 Å². The van der Waals surface area contributed by atoms with Crippen molar-refractivity contribution in [1.29, 1.82) is 0 Å². The second kappa shape index (κ2) is 9.02. The van der Waals surface area contributed by atoms with Gasteiger partial charge in [-0.15, -0.1) is 0 Å². The molecular weight excluding hydrogens is 259 g/mol. The lowest BCUT2D eigenvalue weighted by Crippen LogP contribution is -2.14. The Morgan fingerprint density at radius 3 is 2.10 bits per heavy atom. The van der Waals surface area contributed by atoms with Crippen LogP contribution in [0.25, 0.3) is 0 Å². The van der Waals surface area contributed by atoms with Crippen LogP contribution in [0.1, 0.15) is 63.0 Å². The molecule has 21 heavy (non-hydrogen) atoms. The highest BCUT2D eigenvalue weighted by Crippen LogP contribution is 2.33. The summed E-state index contributed by atoms with van der Waals surface area (Å²) in [6.45, 7) is 2.33. The van der Waals surface area contributed by atoms with Crippen LogP contribution in [0, 0.1) is 11.8 Å². The first-order valence-electron chi connectivity index (χ1n) is 8.64. The highest BCUT2D eigenvalue weighted by atomic mass is 19.1. The van der Waals surface area contributed by atoms with Crippen LogP contribution in [0.4, 0.5) is 4.39 Å². The van der Waals surface area contributed by atoms with Crippen LogP contribution >= 0.6 is 0 Å². The van der Waals surface area contributed by atoms with E-state index in [-0.39, 0.29) is 0 Å². The lowest BCUT2D eigenvalue weighted by Gasteiger charge is -2.27. The third-order valence-corrected chi connectivity index (χ3v) is 5.10. The van der Waals surface area contributed by atoms with E-state index in [1.165, 1.54) is 56.1 Å². The first kappa shape index (κ1) is 16.3. The topological polar surface area (TPSA) is 0 Å². The van der Waals surface area contributed by atoms with Crippen LogP contribution in [0.3, 0.4) is 0 Å². The van der Waals surface area contributed by atoms with Gasteiger partial charge in [0.1, 0.15) is 0 Å². The maximum absolute atomic E-state index is 11.9. The minimum absolute atomic E-state index is 0.641. The molecular formula is C20H29F. The third kappa shape index (κ3) is 5.65. The van der Waals surface area contributed by atoms with E-state index in [1.54, 1.807) is 6.08 Å². The van der Waals surface area contributed by atoms with Crippen molar-refractivity contribution >= 4 is 0 Å². The lowest BCUT2D eigenvalue weighted by molar-refractivity contribution is 0.259. The molecule has 0 spiro atoms. The van der Waals surface area contributed by atoms with Gasteiger partial charge in [0.15, 0.2) is 0 Å². The fourth-order valence-corrected chi connectivity index (χ4v) is 3.48. The molecule has 0 heterocycles. The standard InChI is InChI=1S/C20H29F/c1-2-17-6-8-19(9-7-17)14-15-20-12-10-18(11-13-20)5-3-4-16-21/h4,10-13,16-17,19H,2-3,5-9,14-15H2,1H3/b16-4+/t17-,19-. The molecule has 0 saturated heterocycles. The van der Waals surface area contributed by atoms with Crippen molar-refractivity contribution in [2.75, 3.05) is 0 Å². The minimum atomic E-state index is 0.641. The van der Waals surface area contributed by atoms with Gasteiger partial charge in [-0.25, -0.2) is 4.39 Å². The molecule has 0 N–H and O–H groups in total. The zero-order valence-corrected chi connectivity index (χ0v) is 13.4. The summed E-state index contributed by atoms with van der Waals surface area (Å²) in [7, 11) is 0. The van der Waals surface area contributed by atoms with Crippen molar-refractivity contribution in [2.45, 2.75) is 64.7 Å².